The minimum atomic E-state index is -0.484. The van der Waals surface area contributed by atoms with E-state index in [9.17, 15) is 5.11 Å². The average molecular weight is 222 g/mol. The van der Waals surface area contributed by atoms with E-state index >= 15 is 0 Å². The smallest absolute Gasteiger partial charge is 0.0691 e. The normalized spacial score (nSPS) is 30.6. The Morgan fingerprint density at radius 3 is 3.06 bits per heavy atom. The minimum absolute atomic E-state index is 0.484. The fourth-order valence-electron chi connectivity index (χ4n) is 2.91. The standard InChI is InChI=1S/C13H22N2O/c1-3-11-5-4-6-13(16,7-11)8-12-9-14-15(2)10-12/h9-11,16H,3-8H2,1-2H3. The van der Waals surface area contributed by atoms with E-state index in [0.717, 1.165) is 31.2 Å². The molecule has 1 N–H and O–H groups in total. The quantitative estimate of drug-likeness (QED) is 0.852. The van der Waals surface area contributed by atoms with Gasteiger partial charge in [-0.1, -0.05) is 26.2 Å². The number of aryl methyl sites for hydroxylation is 1. The molecule has 1 aromatic rings. The molecule has 3 nitrogen and oxygen atoms in total. The number of hydrogen-bond acceptors (Lipinski definition) is 2. The number of aliphatic hydroxyl groups is 1. The zero-order valence-corrected chi connectivity index (χ0v) is 10.3. The van der Waals surface area contributed by atoms with Crippen LogP contribution in [-0.4, -0.2) is 20.5 Å². The highest BCUT2D eigenvalue weighted by molar-refractivity contribution is 5.09. The molecule has 0 bridgehead atoms. The molecule has 0 spiro atoms. The van der Waals surface area contributed by atoms with Crippen LogP contribution >= 0.6 is 0 Å². The van der Waals surface area contributed by atoms with Crippen LogP contribution in [0, 0.1) is 5.92 Å². The predicted octanol–water partition coefficient (Wildman–Crippen LogP) is 2.29. The Bertz CT molecular complexity index is 347. The zero-order chi connectivity index (χ0) is 11.6. The molecule has 1 aromatic heterocycles. The summed E-state index contributed by atoms with van der Waals surface area (Å²) in [4.78, 5) is 0. The molecule has 16 heavy (non-hydrogen) atoms. The average Bonchev–Trinajstić information content (AvgIpc) is 2.63. The highest BCUT2D eigenvalue weighted by atomic mass is 16.3. The van der Waals surface area contributed by atoms with Gasteiger partial charge < -0.3 is 5.11 Å². The van der Waals surface area contributed by atoms with Crippen LogP contribution < -0.4 is 0 Å². The lowest BCUT2D eigenvalue weighted by Crippen LogP contribution is -2.37. The fraction of sp³-hybridized carbons (Fsp3) is 0.769. The van der Waals surface area contributed by atoms with Crippen LogP contribution in [0.4, 0.5) is 0 Å². The van der Waals surface area contributed by atoms with E-state index in [1.165, 1.54) is 12.8 Å². The van der Waals surface area contributed by atoms with Crippen LogP contribution in [0.5, 0.6) is 0 Å². The number of aromatic nitrogens is 2. The summed E-state index contributed by atoms with van der Waals surface area (Å²) in [5.74, 6) is 0.704. The summed E-state index contributed by atoms with van der Waals surface area (Å²) in [5.41, 5.74) is 0.670. The van der Waals surface area contributed by atoms with Crippen molar-refractivity contribution < 1.29 is 5.11 Å². The molecule has 1 heterocycles. The largest absolute Gasteiger partial charge is 0.390 e. The van der Waals surface area contributed by atoms with Crippen LogP contribution in [-0.2, 0) is 13.5 Å². The Labute approximate surface area is 97.5 Å². The van der Waals surface area contributed by atoms with Gasteiger partial charge in [0.1, 0.15) is 0 Å². The molecule has 0 amide bonds. The monoisotopic (exact) mass is 222 g/mol. The Kier molecular flexibility index (Phi) is 3.33. The van der Waals surface area contributed by atoms with Crippen LogP contribution in [0.3, 0.4) is 0 Å². The SMILES string of the molecule is CCC1CCCC(O)(Cc2cnn(C)c2)C1. The third-order valence-corrected chi connectivity index (χ3v) is 3.79. The molecule has 1 aliphatic rings. The van der Waals surface area contributed by atoms with E-state index in [1.54, 1.807) is 4.68 Å². The number of nitrogens with zero attached hydrogens (tertiary/aromatic N) is 2. The van der Waals surface area contributed by atoms with Crippen LogP contribution in [0.25, 0.3) is 0 Å². The van der Waals surface area contributed by atoms with E-state index in [4.69, 9.17) is 0 Å². The maximum Gasteiger partial charge on any atom is 0.0691 e. The van der Waals surface area contributed by atoms with Gasteiger partial charge in [-0.3, -0.25) is 4.68 Å². The van der Waals surface area contributed by atoms with Crippen LogP contribution in [0.15, 0.2) is 12.4 Å². The maximum atomic E-state index is 10.6. The van der Waals surface area contributed by atoms with Crippen molar-refractivity contribution in [2.75, 3.05) is 0 Å². The summed E-state index contributed by atoms with van der Waals surface area (Å²) in [6.45, 7) is 2.22. The van der Waals surface area contributed by atoms with Crippen molar-refractivity contribution >= 4 is 0 Å². The second-order valence-electron chi connectivity index (χ2n) is 5.29. The molecular weight excluding hydrogens is 200 g/mol. The lowest BCUT2D eigenvalue weighted by atomic mass is 9.74. The molecule has 2 rings (SSSR count). The molecule has 1 saturated carbocycles. The van der Waals surface area contributed by atoms with Gasteiger partial charge in [-0.05, 0) is 24.3 Å². The van der Waals surface area contributed by atoms with Crippen molar-refractivity contribution in [3.8, 4) is 0 Å². The molecule has 90 valence electrons. The van der Waals surface area contributed by atoms with Gasteiger partial charge in [-0.2, -0.15) is 5.10 Å². The van der Waals surface area contributed by atoms with Crippen LogP contribution in [0.2, 0.25) is 0 Å². The van der Waals surface area contributed by atoms with Gasteiger partial charge in [0.25, 0.3) is 0 Å². The summed E-state index contributed by atoms with van der Waals surface area (Å²) < 4.78 is 1.80. The van der Waals surface area contributed by atoms with Crippen LogP contribution in [0.1, 0.15) is 44.6 Å². The van der Waals surface area contributed by atoms with Gasteiger partial charge in [0, 0.05) is 19.7 Å². The first-order valence-corrected chi connectivity index (χ1v) is 6.31. The number of hydrogen-bond donors (Lipinski definition) is 1. The Morgan fingerprint density at radius 1 is 1.62 bits per heavy atom. The summed E-state index contributed by atoms with van der Waals surface area (Å²) in [6.07, 6.45) is 10.2. The van der Waals surface area contributed by atoms with Gasteiger partial charge in [0.2, 0.25) is 0 Å². The summed E-state index contributed by atoms with van der Waals surface area (Å²) >= 11 is 0. The zero-order valence-electron chi connectivity index (χ0n) is 10.3. The predicted molar refractivity (Wildman–Crippen MR) is 64.1 cm³/mol. The summed E-state index contributed by atoms with van der Waals surface area (Å²) in [7, 11) is 1.92. The number of rotatable bonds is 3. The molecule has 3 heteroatoms. The van der Waals surface area contributed by atoms with Crippen molar-refractivity contribution in [3.63, 3.8) is 0 Å². The Morgan fingerprint density at radius 2 is 2.44 bits per heavy atom. The topological polar surface area (TPSA) is 38.1 Å². The molecule has 2 atom stereocenters. The first-order valence-electron chi connectivity index (χ1n) is 6.31. The van der Waals surface area contributed by atoms with Crippen molar-refractivity contribution in [2.45, 2.75) is 51.0 Å². The van der Waals surface area contributed by atoms with Gasteiger partial charge in [-0.15, -0.1) is 0 Å². The lowest BCUT2D eigenvalue weighted by Gasteiger charge is -2.36. The van der Waals surface area contributed by atoms with Gasteiger partial charge in [0.15, 0.2) is 0 Å². The molecule has 0 aromatic carbocycles. The van der Waals surface area contributed by atoms with Crippen molar-refractivity contribution in [1.82, 2.24) is 9.78 Å². The molecule has 0 radical (unpaired) electrons. The van der Waals surface area contributed by atoms with Gasteiger partial charge in [-0.25, -0.2) is 0 Å². The minimum Gasteiger partial charge on any atom is -0.390 e. The van der Waals surface area contributed by atoms with Crippen molar-refractivity contribution in [3.05, 3.63) is 18.0 Å². The summed E-state index contributed by atoms with van der Waals surface area (Å²) in [6, 6.07) is 0. The first kappa shape index (κ1) is 11.6. The highest BCUT2D eigenvalue weighted by Gasteiger charge is 2.33. The molecule has 2 unspecified atom stereocenters. The van der Waals surface area contributed by atoms with Crippen molar-refractivity contribution in [1.29, 1.82) is 0 Å². The van der Waals surface area contributed by atoms with Gasteiger partial charge in [0.05, 0.1) is 11.8 Å². The maximum absolute atomic E-state index is 10.6. The molecule has 1 fully saturated rings. The van der Waals surface area contributed by atoms with E-state index in [0.29, 0.717) is 5.92 Å². The highest BCUT2D eigenvalue weighted by Crippen LogP contribution is 2.36. The first-order chi connectivity index (χ1) is 7.61. The molecule has 0 aliphatic heterocycles. The van der Waals surface area contributed by atoms with Gasteiger partial charge >= 0.3 is 0 Å². The van der Waals surface area contributed by atoms with E-state index in [1.807, 2.05) is 19.4 Å². The second kappa shape index (κ2) is 4.58. The van der Waals surface area contributed by atoms with E-state index in [-0.39, 0.29) is 0 Å². The molecule has 0 saturated heterocycles. The Balaban J connectivity index is 2.01. The Hall–Kier alpha value is -0.830. The third-order valence-electron chi connectivity index (χ3n) is 3.79. The lowest BCUT2D eigenvalue weighted by molar-refractivity contribution is -0.0162. The summed E-state index contributed by atoms with van der Waals surface area (Å²) in [5, 5.41) is 14.8. The van der Waals surface area contributed by atoms with E-state index < -0.39 is 5.60 Å². The molecule has 1 aliphatic carbocycles. The van der Waals surface area contributed by atoms with Crippen molar-refractivity contribution in [2.24, 2.45) is 13.0 Å². The van der Waals surface area contributed by atoms with E-state index in [2.05, 4.69) is 12.0 Å². The molecular formula is C13H22N2O. The third kappa shape index (κ3) is 2.64. The second-order valence-corrected chi connectivity index (χ2v) is 5.29. The fourth-order valence-corrected chi connectivity index (χ4v) is 2.91.